The van der Waals surface area contributed by atoms with Crippen LogP contribution in [0.3, 0.4) is 0 Å². The molecule has 0 fully saturated rings. The van der Waals surface area contributed by atoms with Crippen molar-refractivity contribution in [3.05, 3.63) is 28.3 Å². The molecule has 0 amide bonds. The average Bonchev–Trinajstić information content (AvgIpc) is 2.15. The van der Waals surface area contributed by atoms with Gasteiger partial charge < -0.3 is 10.2 Å². The van der Waals surface area contributed by atoms with E-state index < -0.39 is 0 Å². The summed E-state index contributed by atoms with van der Waals surface area (Å²) in [6, 6.07) is 3.82. The number of anilines is 1. The average molecular weight is 243 g/mol. The van der Waals surface area contributed by atoms with E-state index in [4.69, 9.17) is 23.8 Å². The van der Waals surface area contributed by atoms with E-state index in [1.54, 1.807) is 0 Å². The molecule has 0 aliphatic carbocycles. The van der Waals surface area contributed by atoms with Gasteiger partial charge in [0.05, 0.1) is 0 Å². The van der Waals surface area contributed by atoms with Crippen molar-refractivity contribution < 1.29 is 0 Å². The molecule has 0 saturated heterocycles. The van der Waals surface area contributed by atoms with Crippen LogP contribution in [-0.2, 0) is 0 Å². The highest BCUT2D eigenvalue weighted by Crippen LogP contribution is 2.26. The maximum atomic E-state index is 6.02. The second-order valence-corrected chi connectivity index (χ2v) is 4.42. The molecule has 0 atom stereocenters. The molecule has 0 bridgehead atoms. The van der Waals surface area contributed by atoms with Crippen molar-refractivity contribution in [3.63, 3.8) is 0 Å². The van der Waals surface area contributed by atoms with Crippen molar-refractivity contribution in [3.8, 4) is 0 Å². The number of aryl methyl sites for hydroxylation is 1. The standard InChI is InChI=1S/C11H15ClN2S/c1-7-5-8(12)6-9(10(7)13-2)11(15)14(3)4/h5-6,13H,1-4H3. The molecule has 0 spiro atoms. The summed E-state index contributed by atoms with van der Waals surface area (Å²) in [7, 11) is 5.74. The first-order valence-corrected chi connectivity index (χ1v) is 5.45. The van der Waals surface area contributed by atoms with E-state index in [0.717, 1.165) is 21.8 Å². The van der Waals surface area contributed by atoms with Crippen molar-refractivity contribution in [2.45, 2.75) is 6.92 Å². The minimum atomic E-state index is 0.714. The third-order valence-electron chi connectivity index (χ3n) is 2.19. The lowest BCUT2D eigenvalue weighted by Gasteiger charge is -2.18. The molecule has 0 heterocycles. The van der Waals surface area contributed by atoms with Crippen LogP contribution in [0.4, 0.5) is 5.69 Å². The molecule has 1 N–H and O–H groups in total. The Balaban J connectivity index is 3.32. The van der Waals surface area contributed by atoms with Gasteiger partial charge in [0.15, 0.2) is 0 Å². The first-order chi connectivity index (χ1) is 6.97. The molecule has 15 heavy (non-hydrogen) atoms. The molecule has 1 rings (SSSR count). The van der Waals surface area contributed by atoms with E-state index in [9.17, 15) is 0 Å². The number of nitrogens with zero attached hydrogens (tertiary/aromatic N) is 1. The monoisotopic (exact) mass is 242 g/mol. The topological polar surface area (TPSA) is 15.3 Å². The fourth-order valence-electron chi connectivity index (χ4n) is 1.48. The van der Waals surface area contributed by atoms with Crippen LogP contribution in [-0.4, -0.2) is 31.0 Å². The largest absolute Gasteiger partial charge is 0.387 e. The Hall–Kier alpha value is -0.800. The molecule has 4 heteroatoms. The zero-order chi connectivity index (χ0) is 11.6. The molecule has 2 nitrogen and oxygen atoms in total. The van der Waals surface area contributed by atoms with Crippen LogP contribution in [0.1, 0.15) is 11.1 Å². The number of halogens is 1. The highest BCUT2D eigenvalue weighted by atomic mass is 35.5. The number of thiocarbonyl (C=S) groups is 1. The molecule has 0 aliphatic rings. The summed E-state index contributed by atoms with van der Waals surface area (Å²) in [5, 5.41) is 3.87. The fourth-order valence-corrected chi connectivity index (χ4v) is 1.92. The molecular weight excluding hydrogens is 228 g/mol. The zero-order valence-electron chi connectivity index (χ0n) is 9.39. The minimum Gasteiger partial charge on any atom is -0.387 e. The van der Waals surface area contributed by atoms with Gasteiger partial charge in [-0.2, -0.15) is 0 Å². The lowest BCUT2D eigenvalue weighted by atomic mass is 10.1. The second-order valence-electron chi connectivity index (χ2n) is 3.59. The lowest BCUT2D eigenvalue weighted by Crippen LogP contribution is -2.22. The second kappa shape index (κ2) is 4.81. The van der Waals surface area contributed by atoms with Crippen LogP contribution in [0.5, 0.6) is 0 Å². The van der Waals surface area contributed by atoms with E-state index in [0.29, 0.717) is 5.02 Å². The summed E-state index contributed by atoms with van der Waals surface area (Å²) in [4.78, 5) is 2.69. The molecule has 0 aliphatic heterocycles. The van der Waals surface area contributed by atoms with E-state index >= 15 is 0 Å². The summed E-state index contributed by atoms with van der Waals surface area (Å²) in [5.74, 6) is 0. The Morgan fingerprint density at radius 2 is 2.00 bits per heavy atom. The number of hydrogen-bond acceptors (Lipinski definition) is 2. The van der Waals surface area contributed by atoms with Crippen LogP contribution in [0.15, 0.2) is 12.1 Å². The summed E-state index contributed by atoms with van der Waals surface area (Å²) >= 11 is 11.4. The number of rotatable bonds is 2. The van der Waals surface area contributed by atoms with Crippen molar-refractivity contribution >= 4 is 34.5 Å². The van der Waals surface area contributed by atoms with E-state index in [-0.39, 0.29) is 0 Å². The summed E-state index contributed by atoms with van der Waals surface area (Å²) in [6.45, 7) is 2.01. The molecule has 0 saturated carbocycles. The van der Waals surface area contributed by atoms with Gasteiger partial charge in [-0.3, -0.25) is 0 Å². The molecular formula is C11H15ClN2S. The molecule has 0 aromatic heterocycles. The summed E-state index contributed by atoms with van der Waals surface area (Å²) < 4.78 is 0. The predicted molar refractivity (Wildman–Crippen MR) is 71.1 cm³/mol. The van der Waals surface area contributed by atoms with Gasteiger partial charge in [-0.25, -0.2) is 0 Å². The van der Waals surface area contributed by atoms with Gasteiger partial charge in [-0.15, -0.1) is 0 Å². The van der Waals surface area contributed by atoms with Crippen LogP contribution < -0.4 is 5.32 Å². The van der Waals surface area contributed by atoms with Gasteiger partial charge in [0.25, 0.3) is 0 Å². The zero-order valence-corrected chi connectivity index (χ0v) is 11.0. The number of hydrogen-bond donors (Lipinski definition) is 1. The Morgan fingerprint density at radius 1 is 1.40 bits per heavy atom. The summed E-state index contributed by atoms with van der Waals surface area (Å²) in [5.41, 5.74) is 3.12. The third kappa shape index (κ3) is 2.61. The van der Waals surface area contributed by atoms with E-state index in [1.807, 2.05) is 45.1 Å². The van der Waals surface area contributed by atoms with Gasteiger partial charge in [0.2, 0.25) is 0 Å². The van der Waals surface area contributed by atoms with Gasteiger partial charge in [-0.05, 0) is 24.6 Å². The first kappa shape index (κ1) is 12.3. The van der Waals surface area contributed by atoms with Crippen LogP contribution in [0.2, 0.25) is 5.02 Å². The third-order valence-corrected chi connectivity index (χ3v) is 2.99. The first-order valence-electron chi connectivity index (χ1n) is 4.67. The van der Waals surface area contributed by atoms with Crippen molar-refractivity contribution in [2.24, 2.45) is 0 Å². The normalized spacial score (nSPS) is 9.93. The number of nitrogens with one attached hydrogen (secondary N) is 1. The minimum absolute atomic E-state index is 0.714. The highest BCUT2D eigenvalue weighted by Gasteiger charge is 2.11. The molecule has 1 aromatic carbocycles. The smallest absolute Gasteiger partial charge is 0.110 e. The molecule has 0 unspecified atom stereocenters. The van der Waals surface area contributed by atoms with Crippen LogP contribution in [0.25, 0.3) is 0 Å². The highest BCUT2D eigenvalue weighted by molar-refractivity contribution is 7.80. The fraction of sp³-hybridized carbons (Fsp3) is 0.364. The van der Waals surface area contributed by atoms with Gasteiger partial charge in [0, 0.05) is 37.4 Å². The Morgan fingerprint density at radius 3 is 2.47 bits per heavy atom. The Labute approximate surface area is 101 Å². The summed E-state index contributed by atoms with van der Waals surface area (Å²) in [6.07, 6.45) is 0. The van der Waals surface area contributed by atoms with Crippen LogP contribution in [0, 0.1) is 6.92 Å². The maximum Gasteiger partial charge on any atom is 0.110 e. The van der Waals surface area contributed by atoms with Crippen molar-refractivity contribution in [1.82, 2.24) is 4.90 Å². The lowest BCUT2D eigenvalue weighted by molar-refractivity contribution is 0.637. The SMILES string of the molecule is CNc1c(C)cc(Cl)cc1C(=S)N(C)C. The van der Waals surface area contributed by atoms with Gasteiger partial charge in [-0.1, -0.05) is 23.8 Å². The van der Waals surface area contributed by atoms with E-state index in [2.05, 4.69) is 5.32 Å². The van der Waals surface area contributed by atoms with Gasteiger partial charge >= 0.3 is 0 Å². The molecule has 82 valence electrons. The Kier molecular flexibility index (Phi) is 3.94. The predicted octanol–water partition coefficient (Wildman–Crippen LogP) is 2.93. The quantitative estimate of drug-likeness (QED) is 0.803. The van der Waals surface area contributed by atoms with Crippen molar-refractivity contribution in [1.29, 1.82) is 0 Å². The maximum absolute atomic E-state index is 6.02. The molecule has 1 aromatic rings. The number of benzene rings is 1. The van der Waals surface area contributed by atoms with E-state index in [1.165, 1.54) is 0 Å². The molecule has 0 radical (unpaired) electrons. The Bertz CT molecular complexity index is 388. The van der Waals surface area contributed by atoms with Crippen molar-refractivity contribution in [2.75, 3.05) is 26.5 Å². The van der Waals surface area contributed by atoms with Gasteiger partial charge in [0.1, 0.15) is 4.99 Å². The van der Waals surface area contributed by atoms with Crippen LogP contribution >= 0.6 is 23.8 Å².